The minimum atomic E-state index is -3.56. The molecule has 0 amide bonds. The number of sulfonamides is 1. The lowest BCUT2D eigenvalue weighted by molar-refractivity contribution is 0.580. The minimum Gasteiger partial charge on any atom is -0.261 e. The van der Waals surface area contributed by atoms with Crippen molar-refractivity contribution in [1.29, 1.82) is 0 Å². The van der Waals surface area contributed by atoms with Gasteiger partial charge in [-0.05, 0) is 52.7 Å². The zero-order valence-corrected chi connectivity index (χ0v) is 15.3. The monoisotopic (exact) mass is 432 g/mol. The van der Waals surface area contributed by atoms with E-state index in [1.54, 1.807) is 18.3 Å². The van der Waals surface area contributed by atoms with Crippen molar-refractivity contribution in [3.63, 3.8) is 0 Å². The summed E-state index contributed by atoms with van der Waals surface area (Å²) in [6.45, 7) is 2.21. The molecular weight excluding hydrogens is 420 g/mol. The van der Waals surface area contributed by atoms with Crippen molar-refractivity contribution in [1.82, 2.24) is 9.71 Å². The Morgan fingerprint density at radius 1 is 1.19 bits per heavy atom. The van der Waals surface area contributed by atoms with E-state index >= 15 is 0 Å². The predicted octanol–water partition coefficient (Wildman–Crippen LogP) is 3.44. The highest BCUT2D eigenvalue weighted by Gasteiger charge is 2.18. The summed E-state index contributed by atoms with van der Waals surface area (Å²) in [5.41, 5.74) is 1.82. The molecule has 0 aliphatic carbocycles. The van der Waals surface area contributed by atoms with Crippen LogP contribution in [0.2, 0.25) is 0 Å². The molecule has 0 aliphatic rings. The Labute approximate surface area is 141 Å². The number of hydrogen-bond acceptors (Lipinski definition) is 3. The van der Waals surface area contributed by atoms with Crippen molar-refractivity contribution in [2.75, 3.05) is 6.54 Å². The molecule has 0 radical (unpaired) electrons. The zero-order chi connectivity index (χ0) is 15.5. The van der Waals surface area contributed by atoms with Gasteiger partial charge in [0.25, 0.3) is 0 Å². The number of nitrogens with one attached hydrogen (secondary N) is 1. The molecule has 112 valence electrons. The molecule has 2 aromatic rings. The van der Waals surface area contributed by atoms with E-state index in [2.05, 4.69) is 41.6 Å². The van der Waals surface area contributed by atoms with Crippen LogP contribution in [0, 0.1) is 6.92 Å². The van der Waals surface area contributed by atoms with Crippen molar-refractivity contribution in [2.24, 2.45) is 0 Å². The van der Waals surface area contributed by atoms with Gasteiger partial charge in [-0.25, -0.2) is 13.1 Å². The van der Waals surface area contributed by atoms with Gasteiger partial charge in [0.1, 0.15) is 0 Å². The molecule has 0 fully saturated rings. The van der Waals surface area contributed by atoms with E-state index in [4.69, 9.17) is 0 Å². The summed E-state index contributed by atoms with van der Waals surface area (Å²) >= 11 is 6.66. The predicted molar refractivity (Wildman–Crippen MR) is 89.7 cm³/mol. The molecule has 1 heterocycles. The van der Waals surface area contributed by atoms with Gasteiger partial charge in [-0.1, -0.05) is 22.0 Å². The third-order valence-electron chi connectivity index (χ3n) is 2.90. The van der Waals surface area contributed by atoms with Gasteiger partial charge >= 0.3 is 0 Å². The molecule has 0 saturated heterocycles. The molecular formula is C14H14Br2N2O2S. The number of aromatic nitrogens is 1. The number of halogens is 2. The van der Waals surface area contributed by atoms with Gasteiger partial charge in [-0.2, -0.15) is 0 Å². The summed E-state index contributed by atoms with van der Waals surface area (Å²) in [5, 5.41) is 0. The van der Waals surface area contributed by atoms with Crippen LogP contribution < -0.4 is 4.72 Å². The third kappa shape index (κ3) is 4.35. The van der Waals surface area contributed by atoms with Gasteiger partial charge < -0.3 is 0 Å². The van der Waals surface area contributed by atoms with Crippen LogP contribution in [0.15, 0.2) is 50.4 Å². The van der Waals surface area contributed by atoms with Crippen molar-refractivity contribution < 1.29 is 8.42 Å². The third-order valence-corrected chi connectivity index (χ3v) is 6.18. The highest BCUT2D eigenvalue weighted by Crippen LogP contribution is 2.28. The van der Waals surface area contributed by atoms with Gasteiger partial charge in [0.05, 0.1) is 4.90 Å². The first kappa shape index (κ1) is 16.6. The van der Waals surface area contributed by atoms with Gasteiger partial charge in [-0.15, -0.1) is 0 Å². The fourth-order valence-corrected chi connectivity index (χ4v) is 4.48. The van der Waals surface area contributed by atoms with Crippen LogP contribution in [-0.2, 0) is 16.4 Å². The maximum absolute atomic E-state index is 12.3. The first-order chi connectivity index (χ1) is 9.90. The lowest BCUT2D eigenvalue weighted by Crippen LogP contribution is -2.26. The van der Waals surface area contributed by atoms with E-state index in [0.717, 1.165) is 15.7 Å². The fraction of sp³-hybridized carbons (Fsp3) is 0.214. The van der Waals surface area contributed by atoms with Crippen molar-refractivity contribution in [2.45, 2.75) is 18.2 Å². The highest BCUT2D eigenvalue weighted by molar-refractivity contribution is 9.11. The number of benzene rings is 1. The molecule has 1 aromatic heterocycles. The summed E-state index contributed by atoms with van der Waals surface area (Å²) in [4.78, 5) is 4.39. The lowest BCUT2D eigenvalue weighted by atomic mass is 10.2. The number of hydrogen-bond donors (Lipinski definition) is 1. The summed E-state index contributed by atoms with van der Waals surface area (Å²) < 4.78 is 28.6. The molecule has 0 spiro atoms. The average molecular weight is 434 g/mol. The molecule has 0 aliphatic heterocycles. The van der Waals surface area contributed by atoms with E-state index in [9.17, 15) is 8.42 Å². The van der Waals surface area contributed by atoms with Gasteiger partial charge in [0.15, 0.2) is 0 Å². The van der Waals surface area contributed by atoms with Crippen molar-refractivity contribution in [3.8, 4) is 0 Å². The van der Waals surface area contributed by atoms with Gasteiger partial charge in [0.2, 0.25) is 10.0 Å². The first-order valence-corrected chi connectivity index (χ1v) is 9.32. The smallest absolute Gasteiger partial charge is 0.241 e. The Bertz CT molecular complexity index is 734. The average Bonchev–Trinajstić information content (AvgIpc) is 2.43. The highest BCUT2D eigenvalue weighted by atomic mass is 79.9. The van der Waals surface area contributed by atoms with E-state index < -0.39 is 10.0 Å². The zero-order valence-electron chi connectivity index (χ0n) is 11.3. The Balaban J connectivity index is 2.10. The van der Waals surface area contributed by atoms with Crippen LogP contribution in [0.1, 0.15) is 11.3 Å². The van der Waals surface area contributed by atoms with Crippen LogP contribution in [-0.4, -0.2) is 19.9 Å². The summed E-state index contributed by atoms with van der Waals surface area (Å²) in [5.74, 6) is 0. The van der Waals surface area contributed by atoms with Crippen LogP contribution in [0.4, 0.5) is 0 Å². The molecule has 0 saturated carbocycles. The van der Waals surface area contributed by atoms with E-state index in [0.29, 0.717) is 17.4 Å². The molecule has 0 atom stereocenters. The van der Waals surface area contributed by atoms with Crippen LogP contribution in [0.5, 0.6) is 0 Å². The summed E-state index contributed by atoms with van der Waals surface area (Å²) in [7, 11) is -3.56. The lowest BCUT2D eigenvalue weighted by Gasteiger charge is -2.10. The number of pyridine rings is 1. The van der Waals surface area contributed by atoms with E-state index in [1.165, 1.54) is 0 Å². The van der Waals surface area contributed by atoms with Gasteiger partial charge in [-0.3, -0.25) is 4.98 Å². The standard InChI is InChI=1S/C14H14Br2N2O2S/c1-10-8-13(16)14(9-12(10)15)21(19,20)18-7-5-11-4-2-3-6-17-11/h2-4,6,8-9,18H,5,7H2,1H3. The number of nitrogens with zero attached hydrogens (tertiary/aromatic N) is 1. The number of aryl methyl sites for hydroxylation is 1. The second kappa shape index (κ2) is 7.00. The maximum atomic E-state index is 12.3. The summed E-state index contributed by atoms with van der Waals surface area (Å²) in [6, 6.07) is 8.95. The molecule has 2 rings (SSSR count). The molecule has 1 N–H and O–H groups in total. The molecule has 0 bridgehead atoms. The Morgan fingerprint density at radius 2 is 1.95 bits per heavy atom. The minimum absolute atomic E-state index is 0.223. The first-order valence-electron chi connectivity index (χ1n) is 6.25. The van der Waals surface area contributed by atoms with Crippen LogP contribution >= 0.6 is 31.9 Å². The van der Waals surface area contributed by atoms with E-state index in [-0.39, 0.29) is 4.90 Å². The SMILES string of the molecule is Cc1cc(Br)c(S(=O)(=O)NCCc2ccccn2)cc1Br. The van der Waals surface area contributed by atoms with Crippen LogP contribution in [0.25, 0.3) is 0 Å². The van der Waals surface area contributed by atoms with Crippen molar-refractivity contribution in [3.05, 3.63) is 56.7 Å². The molecule has 0 unspecified atom stereocenters. The number of rotatable bonds is 5. The largest absolute Gasteiger partial charge is 0.261 e. The van der Waals surface area contributed by atoms with Crippen molar-refractivity contribution >= 4 is 41.9 Å². The molecule has 4 nitrogen and oxygen atoms in total. The topological polar surface area (TPSA) is 59.1 Å². The Morgan fingerprint density at radius 3 is 2.62 bits per heavy atom. The molecule has 7 heteroatoms. The van der Waals surface area contributed by atoms with Gasteiger partial charge in [0, 0.05) is 33.8 Å². The quantitative estimate of drug-likeness (QED) is 0.785. The fourth-order valence-electron chi connectivity index (χ4n) is 1.77. The molecule has 1 aromatic carbocycles. The van der Waals surface area contributed by atoms with Crippen LogP contribution in [0.3, 0.4) is 0 Å². The normalized spacial score (nSPS) is 11.6. The molecule has 21 heavy (non-hydrogen) atoms. The maximum Gasteiger partial charge on any atom is 0.241 e. The Kier molecular flexibility index (Phi) is 5.54. The Hall–Kier alpha value is -0.760. The summed E-state index contributed by atoms with van der Waals surface area (Å²) in [6.07, 6.45) is 2.24. The second-order valence-corrected chi connectivity index (χ2v) is 7.94. The second-order valence-electron chi connectivity index (χ2n) is 4.50. The van der Waals surface area contributed by atoms with E-state index in [1.807, 2.05) is 25.1 Å².